The molecule has 3 N–H and O–H groups in total. The van der Waals surface area contributed by atoms with E-state index in [0.717, 1.165) is 42.7 Å². The summed E-state index contributed by atoms with van der Waals surface area (Å²) >= 11 is 0. The number of aryl methyl sites for hydroxylation is 1. The average molecular weight is 569 g/mol. The molecule has 0 fully saturated rings. The topological polar surface area (TPSA) is 125 Å². The molecule has 0 aliphatic heterocycles. The number of carbonyl (C=O) groups is 2. The van der Waals surface area contributed by atoms with E-state index in [1.807, 2.05) is 38.1 Å². The summed E-state index contributed by atoms with van der Waals surface area (Å²) in [6, 6.07) is 9.98. The molecule has 39 heavy (non-hydrogen) atoms. The lowest BCUT2D eigenvalue weighted by atomic mass is 10.0. The van der Waals surface area contributed by atoms with E-state index >= 15 is 0 Å². The maximum atomic E-state index is 13.7. The quantitative estimate of drug-likeness (QED) is 0.296. The number of hydrogen-bond acceptors (Lipinski definition) is 8. The fraction of sp³-hybridized carbons (Fsp3) is 0.500. The molecule has 0 spiro atoms. The first-order valence-electron chi connectivity index (χ1n) is 13.0. The van der Waals surface area contributed by atoms with Crippen molar-refractivity contribution < 1.29 is 36.3 Å². The Morgan fingerprint density at radius 2 is 1.67 bits per heavy atom. The third kappa shape index (κ3) is 11.8. The number of carbonyl (C=O) groups excluding carboxylic acids is 2. The van der Waals surface area contributed by atoms with Crippen LogP contribution in [-0.2, 0) is 48.3 Å². The monoisotopic (exact) mass is 568 g/mol. The summed E-state index contributed by atoms with van der Waals surface area (Å²) in [6.07, 6.45) is -0.854. The van der Waals surface area contributed by atoms with Gasteiger partial charge in [0, 0.05) is 32.1 Å². The number of nitrogens with two attached hydrogens (primary N) is 1. The Kier molecular flexibility index (Phi) is 13.0. The molecule has 2 aromatic carbocycles. The van der Waals surface area contributed by atoms with Crippen LogP contribution < -0.4 is 11.1 Å². The Bertz CT molecular complexity index is 1190. The van der Waals surface area contributed by atoms with Crippen molar-refractivity contribution in [2.24, 2.45) is 5.73 Å². The van der Waals surface area contributed by atoms with Gasteiger partial charge >= 0.3 is 11.9 Å². The van der Waals surface area contributed by atoms with Crippen LogP contribution in [0.25, 0.3) is 0 Å². The fourth-order valence-corrected chi connectivity index (χ4v) is 5.55. The lowest BCUT2D eigenvalue weighted by Crippen LogP contribution is -2.48. The maximum Gasteiger partial charge on any atom is 0.348 e. The van der Waals surface area contributed by atoms with Crippen LogP contribution in [0.3, 0.4) is 0 Å². The second-order valence-corrected chi connectivity index (χ2v) is 11.7. The molecule has 0 saturated heterocycles. The van der Waals surface area contributed by atoms with Crippen LogP contribution in [-0.4, -0.2) is 56.7 Å². The minimum Gasteiger partial charge on any atom is -0.457 e. The van der Waals surface area contributed by atoms with Gasteiger partial charge in [-0.05, 0) is 48.1 Å². The van der Waals surface area contributed by atoms with Gasteiger partial charge in [-0.25, -0.2) is 22.0 Å². The first-order chi connectivity index (χ1) is 18.4. The number of ether oxygens (including phenoxy) is 2. The normalized spacial score (nSPS) is 13.9. The number of hydrogen-bond donors (Lipinski definition) is 2. The molecule has 0 aromatic heterocycles. The van der Waals surface area contributed by atoms with Gasteiger partial charge in [0.2, 0.25) is 6.10 Å². The molecule has 0 aliphatic rings. The van der Waals surface area contributed by atoms with Gasteiger partial charge in [-0.1, -0.05) is 44.5 Å². The number of halogens is 2. The molecule has 2 unspecified atom stereocenters. The van der Waals surface area contributed by atoms with Crippen LogP contribution in [0.4, 0.5) is 8.78 Å². The molecule has 0 heterocycles. The summed E-state index contributed by atoms with van der Waals surface area (Å²) in [5.41, 5.74) is 8.72. The molecule has 11 heteroatoms. The van der Waals surface area contributed by atoms with Gasteiger partial charge in [-0.15, -0.1) is 0 Å². The van der Waals surface area contributed by atoms with Crippen LogP contribution in [0.5, 0.6) is 0 Å². The third-order valence-corrected chi connectivity index (χ3v) is 7.72. The van der Waals surface area contributed by atoms with Gasteiger partial charge in [0.25, 0.3) is 0 Å². The van der Waals surface area contributed by atoms with Crippen LogP contribution in [0.2, 0.25) is 0 Å². The maximum absolute atomic E-state index is 13.7. The second-order valence-electron chi connectivity index (χ2n) is 9.49. The minimum absolute atomic E-state index is 0.0351. The first kappa shape index (κ1) is 32.3. The van der Waals surface area contributed by atoms with Crippen molar-refractivity contribution in [1.82, 2.24) is 5.32 Å². The van der Waals surface area contributed by atoms with Crippen molar-refractivity contribution in [1.29, 1.82) is 0 Å². The second kappa shape index (κ2) is 15.6. The first-order valence-corrected chi connectivity index (χ1v) is 14.8. The van der Waals surface area contributed by atoms with Gasteiger partial charge in [-0.2, -0.15) is 0 Å². The summed E-state index contributed by atoms with van der Waals surface area (Å²) in [5, 5.41) is 3.17. The van der Waals surface area contributed by atoms with E-state index in [1.54, 1.807) is 0 Å². The highest BCUT2D eigenvalue weighted by molar-refractivity contribution is 7.91. The van der Waals surface area contributed by atoms with Gasteiger partial charge < -0.3 is 20.5 Å². The van der Waals surface area contributed by atoms with Gasteiger partial charge in [0.1, 0.15) is 17.7 Å². The number of sulfone groups is 1. The Morgan fingerprint density at radius 1 is 1.00 bits per heavy atom. The highest BCUT2D eigenvalue weighted by Crippen LogP contribution is 2.14. The Balaban J connectivity index is 2.21. The lowest BCUT2D eigenvalue weighted by Gasteiger charge is -2.27. The van der Waals surface area contributed by atoms with Crippen LogP contribution in [0.1, 0.15) is 50.3 Å². The summed E-state index contributed by atoms with van der Waals surface area (Å²) in [7, 11) is -3.72. The summed E-state index contributed by atoms with van der Waals surface area (Å²) < 4.78 is 63.0. The number of unbranched alkanes of at least 4 members (excludes halogenated alkanes) is 1. The molecular weight excluding hydrogens is 530 g/mol. The van der Waals surface area contributed by atoms with Crippen LogP contribution >= 0.6 is 0 Å². The molecule has 3 atom stereocenters. The molecule has 0 amide bonds. The number of benzene rings is 2. The minimum atomic E-state index is -3.72. The van der Waals surface area contributed by atoms with E-state index in [4.69, 9.17) is 15.2 Å². The molecular formula is C28H38F2N2O6S. The van der Waals surface area contributed by atoms with E-state index in [9.17, 15) is 26.8 Å². The predicted molar refractivity (Wildman–Crippen MR) is 145 cm³/mol. The van der Waals surface area contributed by atoms with Gasteiger partial charge in [-0.3, -0.25) is 4.79 Å². The van der Waals surface area contributed by atoms with Crippen molar-refractivity contribution in [2.45, 2.75) is 71.2 Å². The van der Waals surface area contributed by atoms with Crippen LogP contribution in [0.15, 0.2) is 42.5 Å². The smallest absolute Gasteiger partial charge is 0.348 e. The summed E-state index contributed by atoms with van der Waals surface area (Å²) in [4.78, 5) is 24.7. The molecule has 0 bridgehead atoms. The highest BCUT2D eigenvalue weighted by Gasteiger charge is 2.33. The Morgan fingerprint density at radius 3 is 2.28 bits per heavy atom. The molecule has 0 aliphatic carbocycles. The van der Waals surface area contributed by atoms with E-state index < -0.39 is 57.4 Å². The van der Waals surface area contributed by atoms with Gasteiger partial charge in [0.15, 0.2) is 9.84 Å². The number of rotatable bonds is 16. The zero-order chi connectivity index (χ0) is 29.0. The molecule has 8 nitrogen and oxygen atoms in total. The van der Waals surface area contributed by atoms with E-state index in [1.165, 1.54) is 0 Å². The largest absolute Gasteiger partial charge is 0.457 e. The van der Waals surface area contributed by atoms with Gasteiger partial charge in [0.05, 0.1) is 11.5 Å². The molecule has 0 saturated carbocycles. The number of esters is 2. The fourth-order valence-electron chi connectivity index (χ4n) is 3.98. The van der Waals surface area contributed by atoms with Crippen molar-refractivity contribution in [3.8, 4) is 0 Å². The Hall–Kier alpha value is -2.89. The van der Waals surface area contributed by atoms with Crippen LogP contribution in [0, 0.1) is 11.6 Å². The van der Waals surface area contributed by atoms with Crippen molar-refractivity contribution in [3.05, 3.63) is 70.8 Å². The molecule has 216 valence electrons. The van der Waals surface area contributed by atoms with E-state index in [2.05, 4.69) is 5.32 Å². The van der Waals surface area contributed by atoms with E-state index in [-0.39, 0.29) is 24.3 Å². The third-order valence-electron chi connectivity index (χ3n) is 6.00. The zero-order valence-corrected chi connectivity index (χ0v) is 23.4. The average Bonchev–Trinajstić information content (AvgIpc) is 2.85. The molecule has 2 rings (SSSR count). The molecule has 2 aromatic rings. The zero-order valence-electron chi connectivity index (χ0n) is 22.6. The SMILES string of the molecule is CCCCS(=O)(=O)C[C@@H](OC(C)=O)C(=O)OC(CNCc1cccc(CC)c1)C(N)Cc1cc(F)cc(F)c1. The summed E-state index contributed by atoms with van der Waals surface area (Å²) in [5.74, 6) is -4.34. The Labute approximate surface area is 229 Å². The highest BCUT2D eigenvalue weighted by atomic mass is 32.2. The van der Waals surface area contributed by atoms with E-state index in [0.29, 0.717) is 19.4 Å². The van der Waals surface area contributed by atoms with Crippen molar-refractivity contribution in [3.63, 3.8) is 0 Å². The molecule has 0 radical (unpaired) electrons. The van der Waals surface area contributed by atoms with Crippen molar-refractivity contribution >= 4 is 21.8 Å². The standard InChI is InChI=1S/C28H38F2N2O6S/c1-4-6-10-39(35,36)18-27(37-19(3)33)28(34)38-26(17-32-16-21-9-7-8-20(5-2)11-21)25(31)14-22-12-23(29)15-24(30)13-22/h7-9,11-13,15,25-27,32H,4-6,10,14,16-18,31H2,1-3H3/t25?,26?,27-/m1/s1. The predicted octanol–water partition coefficient (Wildman–Crippen LogP) is 3.25. The van der Waals surface area contributed by atoms with Crippen molar-refractivity contribution in [2.75, 3.05) is 18.1 Å². The number of nitrogens with one attached hydrogen (secondary N) is 1. The summed E-state index contributed by atoms with van der Waals surface area (Å²) in [6.45, 7) is 5.40. The lowest BCUT2D eigenvalue weighted by molar-refractivity contribution is -0.169.